The highest BCUT2D eigenvalue weighted by molar-refractivity contribution is 7.07. The number of rotatable bonds is 6. The number of hydrogen-bond acceptors (Lipinski definition) is 5. The van der Waals surface area contributed by atoms with Crippen molar-refractivity contribution in [1.29, 1.82) is 0 Å². The van der Waals surface area contributed by atoms with Gasteiger partial charge in [0.05, 0.1) is 13.1 Å². The zero-order valence-electron chi connectivity index (χ0n) is 15.1. The van der Waals surface area contributed by atoms with Gasteiger partial charge in [0.1, 0.15) is 11.4 Å². The van der Waals surface area contributed by atoms with E-state index in [1.807, 2.05) is 0 Å². The van der Waals surface area contributed by atoms with E-state index in [0.717, 1.165) is 37.8 Å². The lowest BCUT2D eigenvalue weighted by atomic mass is 9.97. The molecule has 1 aliphatic heterocycles. The maximum absolute atomic E-state index is 5.60. The van der Waals surface area contributed by atoms with Crippen LogP contribution in [-0.4, -0.2) is 40.6 Å². The second-order valence-electron chi connectivity index (χ2n) is 7.43. The van der Waals surface area contributed by atoms with Gasteiger partial charge in [0.25, 0.3) is 0 Å². The fourth-order valence-electron chi connectivity index (χ4n) is 3.71. The molecule has 1 aliphatic carbocycles. The van der Waals surface area contributed by atoms with Gasteiger partial charge in [-0.1, -0.05) is 11.6 Å². The topological polar surface area (TPSA) is 43.2 Å². The number of nitrogens with zero attached hydrogens (tertiary/aromatic N) is 4. The fraction of sp³-hybridized carbons (Fsp3) is 0.579. The van der Waals surface area contributed by atoms with Crippen molar-refractivity contribution >= 4 is 17.3 Å². The van der Waals surface area contributed by atoms with E-state index >= 15 is 0 Å². The lowest BCUT2D eigenvalue weighted by Gasteiger charge is -2.47. The Morgan fingerprint density at radius 2 is 2.16 bits per heavy atom. The molecule has 1 saturated heterocycles. The molecule has 0 aromatic carbocycles. The van der Waals surface area contributed by atoms with Crippen LogP contribution in [0.25, 0.3) is 0 Å². The van der Waals surface area contributed by atoms with Crippen molar-refractivity contribution in [3.8, 4) is 0 Å². The van der Waals surface area contributed by atoms with Crippen LogP contribution in [0.15, 0.2) is 28.5 Å². The normalized spacial score (nSPS) is 19.6. The van der Waals surface area contributed by atoms with Crippen LogP contribution >= 0.6 is 11.3 Å². The van der Waals surface area contributed by atoms with Gasteiger partial charge in [-0.3, -0.25) is 4.57 Å². The molecule has 2 aromatic rings. The molecule has 0 unspecified atom stereocenters. The summed E-state index contributed by atoms with van der Waals surface area (Å²) < 4.78 is 7.92. The quantitative estimate of drug-likeness (QED) is 0.739. The Morgan fingerprint density at radius 1 is 1.28 bits per heavy atom. The molecule has 3 heterocycles. The van der Waals surface area contributed by atoms with E-state index in [-0.39, 0.29) is 5.60 Å². The Hall–Kier alpha value is -1.66. The van der Waals surface area contributed by atoms with Crippen LogP contribution in [0, 0.1) is 0 Å². The molecule has 6 heteroatoms. The number of hydrogen-bond donors (Lipinski definition) is 0. The standard InChI is InChI=1S/C19H26N4OS/c1-19(24-2)13-22(14-19)18-21-20-17(10-16-8-9-25-12-16)23(18)11-15-6-4-3-5-7-15/h6,8-9,12H,3-5,7,10-11,13-14H2,1-2H3. The van der Waals surface area contributed by atoms with E-state index in [4.69, 9.17) is 4.74 Å². The van der Waals surface area contributed by atoms with Crippen LogP contribution in [0.3, 0.4) is 0 Å². The third-order valence-corrected chi connectivity index (χ3v) is 6.05. The summed E-state index contributed by atoms with van der Waals surface area (Å²) in [5.41, 5.74) is 2.77. The molecule has 0 spiro atoms. The third kappa shape index (κ3) is 3.51. The first-order valence-corrected chi connectivity index (χ1v) is 10.0. The third-order valence-electron chi connectivity index (χ3n) is 5.32. The van der Waals surface area contributed by atoms with Gasteiger partial charge < -0.3 is 9.64 Å². The van der Waals surface area contributed by atoms with Crippen LogP contribution in [-0.2, 0) is 17.7 Å². The molecule has 0 atom stereocenters. The van der Waals surface area contributed by atoms with Crippen molar-refractivity contribution in [2.24, 2.45) is 0 Å². The molecule has 5 nitrogen and oxygen atoms in total. The van der Waals surface area contributed by atoms with Gasteiger partial charge in [-0.15, -0.1) is 10.2 Å². The summed E-state index contributed by atoms with van der Waals surface area (Å²) in [6.07, 6.45) is 8.28. The number of allylic oxidation sites excluding steroid dienone is 2. The molecule has 134 valence electrons. The Bertz CT molecular complexity index is 744. The number of ether oxygens (including phenoxy) is 1. The van der Waals surface area contributed by atoms with Crippen LogP contribution in [0.4, 0.5) is 5.95 Å². The maximum Gasteiger partial charge on any atom is 0.227 e. The number of thiophene rings is 1. The van der Waals surface area contributed by atoms with Gasteiger partial charge in [-0.2, -0.15) is 11.3 Å². The number of methoxy groups -OCH3 is 1. The zero-order valence-corrected chi connectivity index (χ0v) is 15.9. The Balaban J connectivity index is 1.59. The van der Waals surface area contributed by atoms with E-state index in [9.17, 15) is 0 Å². The molecule has 0 N–H and O–H groups in total. The Labute approximate surface area is 153 Å². The minimum Gasteiger partial charge on any atom is -0.375 e. The second kappa shape index (κ2) is 6.92. The molecule has 2 aliphatic rings. The first-order valence-electron chi connectivity index (χ1n) is 9.08. The van der Waals surface area contributed by atoms with E-state index in [0.29, 0.717) is 0 Å². The van der Waals surface area contributed by atoms with E-state index in [2.05, 4.69) is 49.5 Å². The summed E-state index contributed by atoms with van der Waals surface area (Å²) in [6, 6.07) is 2.18. The number of aromatic nitrogens is 3. The zero-order chi connectivity index (χ0) is 17.3. The summed E-state index contributed by atoms with van der Waals surface area (Å²) >= 11 is 1.74. The molecule has 0 saturated carbocycles. The minimum absolute atomic E-state index is 0.0611. The average Bonchev–Trinajstić information content (AvgIpc) is 3.24. The predicted molar refractivity (Wildman–Crippen MR) is 101 cm³/mol. The van der Waals surface area contributed by atoms with Crippen molar-refractivity contribution < 1.29 is 4.74 Å². The summed E-state index contributed by atoms with van der Waals surface area (Å²) in [5, 5.41) is 13.4. The maximum atomic E-state index is 5.60. The highest BCUT2D eigenvalue weighted by Gasteiger charge is 2.41. The second-order valence-corrected chi connectivity index (χ2v) is 8.21. The van der Waals surface area contributed by atoms with Gasteiger partial charge in [0, 0.05) is 20.1 Å². The molecule has 4 rings (SSSR count). The van der Waals surface area contributed by atoms with Crippen molar-refractivity contribution in [3.63, 3.8) is 0 Å². The van der Waals surface area contributed by atoms with Crippen molar-refractivity contribution in [2.45, 2.75) is 51.2 Å². The molecule has 2 aromatic heterocycles. The van der Waals surface area contributed by atoms with Crippen LogP contribution < -0.4 is 4.90 Å². The first kappa shape index (κ1) is 16.8. The van der Waals surface area contributed by atoms with Crippen LogP contribution in [0.2, 0.25) is 0 Å². The van der Waals surface area contributed by atoms with E-state index in [1.54, 1.807) is 18.4 Å². The molecule has 25 heavy (non-hydrogen) atoms. The molecule has 0 amide bonds. The lowest BCUT2D eigenvalue weighted by molar-refractivity contribution is -0.0178. The molecular weight excluding hydrogens is 332 g/mol. The smallest absolute Gasteiger partial charge is 0.227 e. The summed E-state index contributed by atoms with van der Waals surface area (Å²) in [7, 11) is 1.79. The van der Waals surface area contributed by atoms with Gasteiger partial charge in [0.2, 0.25) is 5.95 Å². The fourth-order valence-corrected chi connectivity index (χ4v) is 4.38. The molecule has 0 bridgehead atoms. The van der Waals surface area contributed by atoms with Crippen LogP contribution in [0.5, 0.6) is 0 Å². The van der Waals surface area contributed by atoms with Gasteiger partial charge >= 0.3 is 0 Å². The predicted octanol–water partition coefficient (Wildman–Crippen LogP) is 3.66. The largest absolute Gasteiger partial charge is 0.375 e. The summed E-state index contributed by atoms with van der Waals surface area (Å²) in [4.78, 5) is 2.29. The lowest BCUT2D eigenvalue weighted by Crippen LogP contribution is -2.61. The first-order chi connectivity index (χ1) is 12.2. The Morgan fingerprint density at radius 3 is 2.84 bits per heavy atom. The van der Waals surface area contributed by atoms with Crippen LogP contribution in [0.1, 0.15) is 44.0 Å². The molecular formula is C19H26N4OS. The highest BCUT2D eigenvalue weighted by Crippen LogP contribution is 2.31. The Kier molecular flexibility index (Phi) is 4.65. The van der Waals surface area contributed by atoms with Gasteiger partial charge in [-0.25, -0.2) is 0 Å². The van der Waals surface area contributed by atoms with Gasteiger partial charge in [0.15, 0.2) is 0 Å². The van der Waals surface area contributed by atoms with E-state index in [1.165, 1.54) is 36.8 Å². The summed E-state index contributed by atoms with van der Waals surface area (Å²) in [6.45, 7) is 4.82. The molecule has 0 radical (unpaired) electrons. The minimum atomic E-state index is -0.0611. The SMILES string of the molecule is COC1(C)CN(c2nnc(Cc3ccsc3)n2CC2=CCCCC2)C1. The van der Waals surface area contributed by atoms with E-state index < -0.39 is 0 Å². The summed E-state index contributed by atoms with van der Waals surface area (Å²) in [5.74, 6) is 2.05. The molecule has 1 fully saturated rings. The highest BCUT2D eigenvalue weighted by atomic mass is 32.1. The van der Waals surface area contributed by atoms with Crippen molar-refractivity contribution in [3.05, 3.63) is 39.9 Å². The number of anilines is 1. The van der Waals surface area contributed by atoms with Gasteiger partial charge in [-0.05, 0) is 55.0 Å². The average molecular weight is 359 g/mol. The van der Waals surface area contributed by atoms with Crippen molar-refractivity contribution in [2.75, 3.05) is 25.1 Å². The van der Waals surface area contributed by atoms with Crippen molar-refractivity contribution in [1.82, 2.24) is 14.8 Å². The monoisotopic (exact) mass is 358 g/mol.